The Balaban J connectivity index is 2.09. The minimum absolute atomic E-state index is 0.0948. The zero-order valence-electron chi connectivity index (χ0n) is 15.1. The van der Waals surface area contributed by atoms with E-state index in [1.54, 1.807) is 41.5 Å². The Morgan fingerprint density at radius 1 is 1.31 bits per heavy atom. The Morgan fingerprint density at radius 3 is 2.86 bits per heavy atom. The normalized spacial score (nSPS) is 11.7. The SMILES string of the molecule is C=C(Cl)/C=C(\C(=C)F)c1cc(-n2cc(N=O)c3c[nH+]ccc32)c2cccnc2n1. The molecule has 4 heterocycles. The van der Waals surface area contributed by atoms with Gasteiger partial charge in [0, 0.05) is 34.5 Å². The molecule has 0 aliphatic rings. The van der Waals surface area contributed by atoms with E-state index in [1.165, 1.54) is 6.08 Å². The maximum atomic E-state index is 14.2. The number of aromatic amines is 1. The first-order chi connectivity index (χ1) is 14.0. The fraction of sp³-hybridized carbons (Fsp3) is 0. The van der Waals surface area contributed by atoms with Crippen LogP contribution in [0.25, 0.3) is 33.2 Å². The maximum Gasteiger partial charge on any atom is 0.178 e. The van der Waals surface area contributed by atoms with E-state index >= 15 is 0 Å². The van der Waals surface area contributed by atoms with Gasteiger partial charge in [-0.15, -0.1) is 4.91 Å². The molecule has 0 saturated heterocycles. The molecule has 0 radical (unpaired) electrons. The standard InChI is InChI=1S/C21H13ClFN5O/c1-12(22)8-15(13(2)23)17-9-20(14-4-3-6-25-21(14)26-17)28-11-18(27-29)16-10-24-7-5-19(16)28/h3-11H,1-2H2/p+1/b15-8+. The Morgan fingerprint density at radius 2 is 2.14 bits per heavy atom. The number of aromatic nitrogens is 4. The second kappa shape index (κ2) is 7.37. The molecule has 0 fully saturated rings. The van der Waals surface area contributed by atoms with Gasteiger partial charge in [0.05, 0.1) is 22.3 Å². The van der Waals surface area contributed by atoms with Crippen molar-refractivity contribution in [3.05, 3.63) is 89.7 Å². The third-order valence-corrected chi connectivity index (χ3v) is 4.53. The summed E-state index contributed by atoms with van der Waals surface area (Å²) in [4.78, 5) is 23.0. The molecule has 0 aromatic carbocycles. The molecular formula is C21H14ClFN5O+. The van der Waals surface area contributed by atoms with Crippen LogP contribution in [0, 0.1) is 4.91 Å². The lowest BCUT2D eigenvalue weighted by molar-refractivity contribution is -0.375. The van der Waals surface area contributed by atoms with Crippen molar-refractivity contribution in [1.29, 1.82) is 0 Å². The summed E-state index contributed by atoms with van der Waals surface area (Å²) in [5, 5.41) is 4.62. The number of hydrogen-bond donors (Lipinski definition) is 0. The van der Waals surface area contributed by atoms with Crippen molar-refractivity contribution >= 4 is 44.8 Å². The van der Waals surface area contributed by atoms with E-state index in [2.05, 4.69) is 33.3 Å². The molecule has 0 unspecified atom stereocenters. The predicted molar refractivity (Wildman–Crippen MR) is 112 cm³/mol. The van der Waals surface area contributed by atoms with Gasteiger partial charge in [0.15, 0.2) is 18.0 Å². The molecule has 0 saturated carbocycles. The van der Waals surface area contributed by atoms with E-state index in [9.17, 15) is 9.30 Å². The number of nitrogens with zero attached hydrogens (tertiary/aromatic N) is 4. The molecule has 8 heteroatoms. The highest BCUT2D eigenvalue weighted by Crippen LogP contribution is 2.34. The Kier molecular flexibility index (Phi) is 4.74. The molecule has 0 aliphatic carbocycles. The summed E-state index contributed by atoms with van der Waals surface area (Å²) in [5.74, 6) is -0.706. The monoisotopic (exact) mass is 406 g/mol. The largest absolute Gasteiger partial charge is 0.313 e. The molecule has 1 N–H and O–H groups in total. The van der Waals surface area contributed by atoms with Crippen molar-refractivity contribution in [1.82, 2.24) is 14.5 Å². The molecule has 4 aromatic rings. The van der Waals surface area contributed by atoms with Crippen LogP contribution in [0.2, 0.25) is 0 Å². The Labute approximate surface area is 169 Å². The van der Waals surface area contributed by atoms with Gasteiger partial charge in [0.25, 0.3) is 0 Å². The van der Waals surface area contributed by atoms with E-state index in [0.717, 1.165) is 5.52 Å². The molecule has 4 rings (SSSR count). The van der Waals surface area contributed by atoms with Gasteiger partial charge in [-0.25, -0.2) is 19.3 Å². The summed E-state index contributed by atoms with van der Waals surface area (Å²) in [6.45, 7) is 6.96. The summed E-state index contributed by atoms with van der Waals surface area (Å²) in [5.41, 5.74) is 2.44. The smallest absolute Gasteiger partial charge is 0.178 e. The van der Waals surface area contributed by atoms with E-state index in [0.29, 0.717) is 22.1 Å². The molecule has 0 aliphatic heterocycles. The topological polar surface area (TPSA) is 74.3 Å². The van der Waals surface area contributed by atoms with Gasteiger partial charge in [-0.05, 0) is 29.5 Å². The number of halogens is 2. The van der Waals surface area contributed by atoms with E-state index in [-0.39, 0.29) is 22.0 Å². The van der Waals surface area contributed by atoms with Crippen molar-refractivity contribution in [2.75, 3.05) is 0 Å². The summed E-state index contributed by atoms with van der Waals surface area (Å²) < 4.78 is 16.0. The average Bonchev–Trinajstić information content (AvgIpc) is 3.09. The molecular weight excluding hydrogens is 393 g/mol. The number of nitrogens with one attached hydrogen (secondary N) is 1. The fourth-order valence-electron chi connectivity index (χ4n) is 3.20. The quantitative estimate of drug-likeness (QED) is 0.328. The summed E-state index contributed by atoms with van der Waals surface area (Å²) in [6, 6.07) is 7.12. The van der Waals surface area contributed by atoms with E-state index in [4.69, 9.17) is 11.6 Å². The zero-order valence-corrected chi connectivity index (χ0v) is 15.8. The Bertz CT molecular complexity index is 1340. The van der Waals surface area contributed by atoms with Crippen molar-refractivity contribution in [3.8, 4) is 5.69 Å². The molecule has 0 bridgehead atoms. The Hall–Kier alpha value is -3.71. The first-order valence-electron chi connectivity index (χ1n) is 8.51. The molecule has 0 atom stereocenters. The molecule has 0 spiro atoms. The number of nitroso groups, excluding NO2 is 1. The number of fused-ring (bicyclic) bond motifs is 2. The zero-order chi connectivity index (χ0) is 20.5. The minimum Gasteiger partial charge on any atom is -0.313 e. The second-order valence-electron chi connectivity index (χ2n) is 6.23. The van der Waals surface area contributed by atoms with Crippen molar-refractivity contribution in [2.24, 2.45) is 5.18 Å². The average molecular weight is 407 g/mol. The molecule has 4 aromatic heterocycles. The van der Waals surface area contributed by atoms with Crippen LogP contribution in [0.3, 0.4) is 0 Å². The van der Waals surface area contributed by atoms with Crippen molar-refractivity contribution in [3.63, 3.8) is 0 Å². The lowest BCUT2D eigenvalue weighted by Crippen LogP contribution is -2.02. The van der Waals surface area contributed by atoms with Gasteiger partial charge in [-0.1, -0.05) is 24.8 Å². The predicted octanol–water partition coefficient (Wildman–Crippen LogP) is 5.40. The highest BCUT2D eigenvalue weighted by molar-refractivity contribution is 6.31. The number of hydrogen-bond acceptors (Lipinski definition) is 4. The van der Waals surface area contributed by atoms with Crippen LogP contribution in [0.4, 0.5) is 10.1 Å². The number of allylic oxidation sites excluding steroid dienone is 4. The van der Waals surface area contributed by atoms with Crippen molar-refractivity contribution < 1.29 is 9.37 Å². The maximum absolute atomic E-state index is 14.2. The van der Waals surface area contributed by atoms with Crippen LogP contribution in [0.1, 0.15) is 5.69 Å². The first-order valence-corrected chi connectivity index (χ1v) is 8.89. The van der Waals surface area contributed by atoms with Crippen LogP contribution in [-0.4, -0.2) is 14.5 Å². The number of H-pyrrole nitrogens is 1. The fourth-order valence-corrected chi connectivity index (χ4v) is 3.30. The summed E-state index contributed by atoms with van der Waals surface area (Å²) in [7, 11) is 0. The van der Waals surface area contributed by atoms with Gasteiger partial charge in [0.1, 0.15) is 11.5 Å². The molecule has 0 amide bonds. The van der Waals surface area contributed by atoms with Gasteiger partial charge >= 0.3 is 0 Å². The molecule has 6 nitrogen and oxygen atoms in total. The number of rotatable bonds is 5. The summed E-state index contributed by atoms with van der Waals surface area (Å²) >= 11 is 5.86. The first kappa shape index (κ1) is 18.6. The van der Waals surface area contributed by atoms with Crippen LogP contribution in [0.5, 0.6) is 0 Å². The van der Waals surface area contributed by atoms with Gasteiger partial charge in [-0.3, -0.25) is 0 Å². The van der Waals surface area contributed by atoms with Gasteiger partial charge in [0.2, 0.25) is 0 Å². The minimum atomic E-state index is -0.706. The van der Waals surface area contributed by atoms with Gasteiger partial charge in [-0.2, -0.15) is 0 Å². The van der Waals surface area contributed by atoms with Crippen LogP contribution < -0.4 is 4.98 Å². The second-order valence-corrected chi connectivity index (χ2v) is 6.72. The lowest BCUT2D eigenvalue weighted by atomic mass is 10.1. The number of pyridine rings is 3. The lowest BCUT2D eigenvalue weighted by Gasteiger charge is -2.12. The highest BCUT2D eigenvalue weighted by Gasteiger charge is 2.18. The molecule has 142 valence electrons. The highest BCUT2D eigenvalue weighted by atomic mass is 35.5. The molecule has 29 heavy (non-hydrogen) atoms. The van der Waals surface area contributed by atoms with Crippen LogP contribution in [0.15, 0.2) is 84.3 Å². The van der Waals surface area contributed by atoms with Crippen molar-refractivity contribution in [2.45, 2.75) is 0 Å². The third kappa shape index (κ3) is 3.32. The van der Waals surface area contributed by atoms with E-state index in [1.807, 2.05) is 12.1 Å². The summed E-state index contributed by atoms with van der Waals surface area (Å²) in [6.07, 6.45) is 7.99. The third-order valence-electron chi connectivity index (χ3n) is 4.42. The van der Waals surface area contributed by atoms with Gasteiger partial charge < -0.3 is 4.57 Å². The van der Waals surface area contributed by atoms with E-state index < -0.39 is 5.83 Å². The van der Waals surface area contributed by atoms with Crippen LogP contribution in [-0.2, 0) is 0 Å². The van der Waals surface area contributed by atoms with Crippen LogP contribution >= 0.6 is 11.6 Å².